The van der Waals surface area contributed by atoms with Gasteiger partial charge >= 0.3 is 0 Å². The summed E-state index contributed by atoms with van der Waals surface area (Å²) in [6, 6.07) is 9.07. The summed E-state index contributed by atoms with van der Waals surface area (Å²) >= 11 is 6.11. The van der Waals surface area contributed by atoms with E-state index in [1.54, 1.807) is 12.3 Å². The maximum absolute atomic E-state index is 6.11. The summed E-state index contributed by atoms with van der Waals surface area (Å²) in [6.45, 7) is 1.96. The van der Waals surface area contributed by atoms with Crippen molar-refractivity contribution in [1.29, 1.82) is 0 Å². The number of hydrogen-bond donors (Lipinski definition) is 2. The van der Waals surface area contributed by atoms with Crippen molar-refractivity contribution in [2.75, 3.05) is 0 Å². The Balaban J connectivity index is 2.12. The zero-order valence-corrected chi connectivity index (χ0v) is 11.1. The average Bonchev–Trinajstić information content (AvgIpc) is 2.99. The number of para-hydroxylation sites is 1. The number of rotatable bonds is 3. The van der Waals surface area contributed by atoms with E-state index in [2.05, 4.69) is 5.43 Å². The van der Waals surface area contributed by atoms with Crippen molar-refractivity contribution in [2.24, 2.45) is 5.84 Å². The Morgan fingerprint density at radius 1 is 1.32 bits per heavy atom. The van der Waals surface area contributed by atoms with Gasteiger partial charge in [-0.1, -0.05) is 23.7 Å². The Kier molecular flexibility index (Phi) is 3.06. The number of nitrogens with two attached hydrogens (primary N) is 1. The third kappa shape index (κ3) is 2.04. The molecule has 1 aromatic carbocycles. The first kappa shape index (κ1) is 12.3. The zero-order chi connectivity index (χ0) is 13.4. The number of hydrogen-bond acceptors (Lipinski definition) is 4. The van der Waals surface area contributed by atoms with E-state index in [1.807, 2.05) is 31.2 Å². The minimum absolute atomic E-state index is 0.335. The Morgan fingerprint density at radius 2 is 2.16 bits per heavy atom. The molecule has 3 aromatic rings. The summed E-state index contributed by atoms with van der Waals surface area (Å²) in [5, 5.41) is 1.52. The molecule has 0 aliphatic rings. The van der Waals surface area contributed by atoms with Crippen LogP contribution >= 0.6 is 11.6 Å². The molecule has 0 fully saturated rings. The lowest BCUT2D eigenvalue weighted by atomic mass is 10.1. The molecular formula is C14H13ClN2O2. The van der Waals surface area contributed by atoms with Crippen LogP contribution in [0.1, 0.15) is 23.1 Å². The van der Waals surface area contributed by atoms with Crippen LogP contribution in [-0.2, 0) is 0 Å². The predicted octanol–water partition coefficient (Wildman–Crippen LogP) is 3.54. The van der Waals surface area contributed by atoms with Crippen LogP contribution in [0.3, 0.4) is 0 Å². The third-order valence-corrected chi connectivity index (χ3v) is 3.43. The van der Waals surface area contributed by atoms with E-state index >= 15 is 0 Å². The van der Waals surface area contributed by atoms with E-state index in [-0.39, 0.29) is 6.04 Å². The van der Waals surface area contributed by atoms with Gasteiger partial charge < -0.3 is 8.83 Å². The maximum atomic E-state index is 6.11. The lowest BCUT2D eigenvalue weighted by molar-refractivity contribution is 0.401. The summed E-state index contributed by atoms with van der Waals surface area (Å²) in [5.74, 6) is 7.03. The molecule has 1 atom stereocenters. The molecule has 0 aliphatic carbocycles. The molecule has 0 radical (unpaired) electrons. The van der Waals surface area contributed by atoms with Gasteiger partial charge in [0.25, 0.3) is 0 Å². The van der Waals surface area contributed by atoms with Gasteiger partial charge in [-0.05, 0) is 30.7 Å². The van der Waals surface area contributed by atoms with Crippen molar-refractivity contribution >= 4 is 22.6 Å². The quantitative estimate of drug-likeness (QED) is 0.567. The summed E-state index contributed by atoms with van der Waals surface area (Å²) in [4.78, 5) is 0. The Morgan fingerprint density at radius 3 is 2.79 bits per heavy atom. The number of halogens is 1. The van der Waals surface area contributed by atoms with Crippen LogP contribution in [0.2, 0.25) is 5.02 Å². The van der Waals surface area contributed by atoms with E-state index in [0.717, 1.165) is 16.7 Å². The number of furan rings is 2. The second-order valence-electron chi connectivity index (χ2n) is 4.37. The number of nitrogens with one attached hydrogen (secondary N) is 1. The normalized spacial score (nSPS) is 13.0. The van der Waals surface area contributed by atoms with E-state index in [0.29, 0.717) is 16.4 Å². The third-order valence-electron chi connectivity index (χ3n) is 3.13. The molecule has 0 amide bonds. The van der Waals surface area contributed by atoms with Crippen molar-refractivity contribution in [1.82, 2.24) is 5.43 Å². The summed E-state index contributed by atoms with van der Waals surface area (Å²) in [5.41, 5.74) is 4.38. The van der Waals surface area contributed by atoms with Gasteiger partial charge in [0.15, 0.2) is 5.58 Å². The Bertz CT molecular complexity index is 717. The lowest BCUT2D eigenvalue weighted by Crippen LogP contribution is -2.28. The highest BCUT2D eigenvalue weighted by atomic mass is 35.5. The van der Waals surface area contributed by atoms with Crippen molar-refractivity contribution in [3.05, 3.63) is 58.7 Å². The zero-order valence-electron chi connectivity index (χ0n) is 10.3. The number of benzene rings is 1. The molecule has 0 bridgehead atoms. The Hall–Kier alpha value is -1.75. The molecule has 98 valence electrons. The van der Waals surface area contributed by atoms with Gasteiger partial charge in [0.1, 0.15) is 17.6 Å². The second kappa shape index (κ2) is 4.74. The monoisotopic (exact) mass is 276 g/mol. The molecule has 3 rings (SSSR count). The largest absolute Gasteiger partial charge is 0.467 e. The highest BCUT2D eigenvalue weighted by Gasteiger charge is 2.22. The van der Waals surface area contributed by atoms with Crippen molar-refractivity contribution < 1.29 is 8.83 Å². The van der Waals surface area contributed by atoms with Crippen LogP contribution in [-0.4, -0.2) is 0 Å². The average molecular weight is 277 g/mol. The summed E-state index contributed by atoms with van der Waals surface area (Å²) in [7, 11) is 0. The first-order valence-electron chi connectivity index (χ1n) is 5.89. The highest BCUT2D eigenvalue weighted by Crippen LogP contribution is 2.32. The molecule has 2 aromatic heterocycles. The Labute approximate surface area is 115 Å². The predicted molar refractivity (Wildman–Crippen MR) is 73.8 cm³/mol. The van der Waals surface area contributed by atoms with Gasteiger partial charge in [-0.15, -0.1) is 0 Å². The number of aryl methyl sites for hydroxylation is 1. The van der Waals surface area contributed by atoms with Gasteiger partial charge in [-0.2, -0.15) is 0 Å². The summed E-state index contributed by atoms with van der Waals surface area (Å²) < 4.78 is 11.3. The number of hydrazine groups is 1. The molecule has 0 aliphatic heterocycles. The molecule has 0 spiro atoms. The fourth-order valence-electron chi connectivity index (χ4n) is 2.16. The van der Waals surface area contributed by atoms with Crippen molar-refractivity contribution in [2.45, 2.75) is 13.0 Å². The minimum Gasteiger partial charge on any atom is -0.467 e. The molecular weight excluding hydrogens is 264 g/mol. The van der Waals surface area contributed by atoms with E-state index in [4.69, 9.17) is 26.3 Å². The fraction of sp³-hybridized carbons (Fsp3) is 0.143. The van der Waals surface area contributed by atoms with Crippen LogP contribution in [0.25, 0.3) is 11.0 Å². The molecule has 0 saturated heterocycles. The van der Waals surface area contributed by atoms with E-state index < -0.39 is 0 Å². The molecule has 1 unspecified atom stereocenters. The van der Waals surface area contributed by atoms with Gasteiger partial charge in [0.05, 0.1) is 11.3 Å². The van der Waals surface area contributed by atoms with E-state index in [1.165, 1.54) is 0 Å². The molecule has 4 nitrogen and oxygen atoms in total. The maximum Gasteiger partial charge on any atom is 0.152 e. The molecule has 19 heavy (non-hydrogen) atoms. The van der Waals surface area contributed by atoms with Crippen LogP contribution in [0, 0.1) is 6.92 Å². The topological polar surface area (TPSA) is 64.3 Å². The van der Waals surface area contributed by atoms with Crippen LogP contribution < -0.4 is 11.3 Å². The lowest BCUT2D eigenvalue weighted by Gasteiger charge is -2.11. The first-order valence-corrected chi connectivity index (χ1v) is 6.26. The first-order chi connectivity index (χ1) is 9.20. The number of fused-ring (bicyclic) bond motifs is 1. The van der Waals surface area contributed by atoms with Crippen LogP contribution in [0.15, 0.2) is 45.4 Å². The standard InChI is InChI=1S/C14H13ClN2O2/c1-8-5-6-18-13(8)12(17-16)11-7-9-3-2-4-10(15)14(9)19-11/h2-7,12,17H,16H2,1H3. The van der Waals surface area contributed by atoms with Crippen LogP contribution in [0.4, 0.5) is 0 Å². The van der Waals surface area contributed by atoms with Gasteiger partial charge in [-0.25, -0.2) is 5.43 Å². The van der Waals surface area contributed by atoms with Crippen LogP contribution in [0.5, 0.6) is 0 Å². The molecule has 0 saturated carbocycles. The molecule has 2 heterocycles. The molecule has 5 heteroatoms. The smallest absolute Gasteiger partial charge is 0.152 e. The fourth-order valence-corrected chi connectivity index (χ4v) is 2.38. The van der Waals surface area contributed by atoms with Crippen molar-refractivity contribution in [3.63, 3.8) is 0 Å². The summed E-state index contributed by atoms with van der Waals surface area (Å²) in [6.07, 6.45) is 1.63. The van der Waals surface area contributed by atoms with Gasteiger partial charge in [-0.3, -0.25) is 5.84 Å². The van der Waals surface area contributed by atoms with Gasteiger partial charge in [0, 0.05) is 5.39 Å². The molecule has 3 N–H and O–H groups in total. The highest BCUT2D eigenvalue weighted by molar-refractivity contribution is 6.34. The second-order valence-corrected chi connectivity index (χ2v) is 4.78. The van der Waals surface area contributed by atoms with Gasteiger partial charge in [0.2, 0.25) is 0 Å². The SMILES string of the molecule is Cc1ccoc1C(NN)c1cc2cccc(Cl)c2o1. The van der Waals surface area contributed by atoms with Crippen molar-refractivity contribution in [3.8, 4) is 0 Å². The van der Waals surface area contributed by atoms with E-state index in [9.17, 15) is 0 Å². The minimum atomic E-state index is -0.335.